The third-order valence-corrected chi connectivity index (χ3v) is 2.71. The van der Waals surface area contributed by atoms with Crippen molar-refractivity contribution in [3.63, 3.8) is 0 Å². The maximum atomic E-state index is 11.6. The maximum absolute atomic E-state index is 11.6. The fourth-order valence-corrected chi connectivity index (χ4v) is 1.64. The molecule has 1 rings (SSSR count). The van der Waals surface area contributed by atoms with Gasteiger partial charge in [0.25, 0.3) is 0 Å². The van der Waals surface area contributed by atoms with Crippen molar-refractivity contribution in [1.82, 2.24) is 5.32 Å². The first-order valence-electron chi connectivity index (χ1n) is 6.05. The molecular weight excluding hydrogens is 228 g/mol. The topological polar surface area (TPSA) is 72.2 Å². The summed E-state index contributed by atoms with van der Waals surface area (Å²) in [7, 11) is 0. The zero-order valence-electron chi connectivity index (χ0n) is 11.1. The lowest BCUT2D eigenvalue weighted by atomic mass is 10.0. The highest BCUT2D eigenvalue weighted by Gasteiger charge is 2.19. The van der Waals surface area contributed by atoms with Gasteiger partial charge in [-0.3, -0.25) is 9.59 Å². The van der Waals surface area contributed by atoms with Crippen LogP contribution in [0.3, 0.4) is 0 Å². The highest BCUT2D eigenvalue weighted by molar-refractivity contribution is 5.87. The van der Waals surface area contributed by atoms with Crippen LogP contribution in [0.15, 0.2) is 24.3 Å². The second kappa shape index (κ2) is 6.19. The monoisotopic (exact) mass is 248 g/mol. The molecule has 0 aromatic heterocycles. The van der Waals surface area contributed by atoms with Gasteiger partial charge in [0.1, 0.15) is 6.04 Å². The third-order valence-electron chi connectivity index (χ3n) is 2.71. The molecular formula is C14H20N2O2. The molecule has 0 saturated carbocycles. The summed E-state index contributed by atoms with van der Waals surface area (Å²) in [4.78, 5) is 23.0. The van der Waals surface area contributed by atoms with Crippen LogP contribution < -0.4 is 11.1 Å². The van der Waals surface area contributed by atoms with Crippen LogP contribution >= 0.6 is 0 Å². The minimum absolute atomic E-state index is 0.161. The lowest BCUT2D eigenvalue weighted by molar-refractivity contribution is -0.129. The zero-order chi connectivity index (χ0) is 13.7. The molecule has 2 amide bonds. The molecule has 0 aliphatic heterocycles. The number of aryl methyl sites for hydroxylation is 1. The normalized spacial score (nSPS) is 12.2. The number of nitrogens with two attached hydrogens (primary N) is 1. The Morgan fingerprint density at radius 1 is 1.33 bits per heavy atom. The predicted octanol–water partition coefficient (Wildman–Crippen LogP) is 1.16. The Kier molecular flexibility index (Phi) is 4.89. The number of benzene rings is 1. The van der Waals surface area contributed by atoms with Crippen LogP contribution in [0, 0.1) is 12.8 Å². The number of hydrogen-bond acceptors (Lipinski definition) is 2. The van der Waals surface area contributed by atoms with E-state index in [1.807, 2.05) is 31.2 Å². The van der Waals surface area contributed by atoms with Crippen molar-refractivity contribution >= 4 is 11.8 Å². The van der Waals surface area contributed by atoms with Crippen molar-refractivity contribution in [3.8, 4) is 0 Å². The number of carbonyl (C=O) groups is 2. The van der Waals surface area contributed by atoms with E-state index in [9.17, 15) is 9.59 Å². The second-order valence-corrected chi connectivity index (χ2v) is 4.81. The van der Waals surface area contributed by atoms with Gasteiger partial charge >= 0.3 is 0 Å². The van der Waals surface area contributed by atoms with Crippen molar-refractivity contribution in [2.75, 3.05) is 0 Å². The quantitative estimate of drug-likeness (QED) is 0.820. The Labute approximate surface area is 108 Å². The number of primary amides is 1. The van der Waals surface area contributed by atoms with Crippen LogP contribution in [0.4, 0.5) is 0 Å². The van der Waals surface area contributed by atoms with Gasteiger partial charge in [-0.15, -0.1) is 0 Å². The molecule has 0 spiro atoms. The van der Waals surface area contributed by atoms with E-state index in [1.54, 1.807) is 13.8 Å². The first-order chi connectivity index (χ1) is 8.40. The molecule has 0 unspecified atom stereocenters. The van der Waals surface area contributed by atoms with E-state index in [0.29, 0.717) is 6.42 Å². The lowest BCUT2D eigenvalue weighted by Crippen LogP contribution is -2.47. The van der Waals surface area contributed by atoms with Crippen LogP contribution in [-0.2, 0) is 16.0 Å². The second-order valence-electron chi connectivity index (χ2n) is 4.81. The summed E-state index contributed by atoms with van der Waals surface area (Å²) in [6, 6.07) is 7.16. The highest BCUT2D eigenvalue weighted by Crippen LogP contribution is 2.07. The van der Waals surface area contributed by atoms with Gasteiger partial charge in [-0.2, -0.15) is 0 Å². The number of carbonyl (C=O) groups excluding carboxylic acids is 2. The van der Waals surface area contributed by atoms with E-state index in [-0.39, 0.29) is 11.8 Å². The van der Waals surface area contributed by atoms with Gasteiger partial charge in [0.15, 0.2) is 0 Å². The molecule has 0 fully saturated rings. The van der Waals surface area contributed by atoms with Crippen molar-refractivity contribution in [1.29, 1.82) is 0 Å². The standard InChI is InChI=1S/C14H20N2O2/c1-9(2)14(18)16-12(13(15)17)8-11-6-4-5-10(3)7-11/h4-7,9,12H,8H2,1-3H3,(H2,15,17)(H,16,18)/t12-/m0/s1. The van der Waals surface area contributed by atoms with Crippen LogP contribution in [0.25, 0.3) is 0 Å². The van der Waals surface area contributed by atoms with E-state index < -0.39 is 11.9 Å². The molecule has 4 nitrogen and oxygen atoms in total. The number of amides is 2. The molecule has 1 aromatic rings. The van der Waals surface area contributed by atoms with E-state index in [1.165, 1.54) is 0 Å². The van der Waals surface area contributed by atoms with Gasteiger partial charge < -0.3 is 11.1 Å². The Morgan fingerprint density at radius 2 is 2.00 bits per heavy atom. The molecule has 1 atom stereocenters. The smallest absolute Gasteiger partial charge is 0.240 e. The SMILES string of the molecule is Cc1cccc(C[C@H](NC(=O)C(C)C)C(N)=O)c1. The zero-order valence-corrected chi connectivity index (χ0v) is 11.1. The number of nitrogens with one attached hydrogen (secondary N) is 1. The summed E-state index contributed by atoms with van der Waals surface area (Å²) in [5.41, 5.74) is 7.42. The highest BCUT2D eigenvalue weighted by atomic mass is 16.2. The summed E-state index contributed by atoms with van der Waals surface area (Å²) in [6.07, 6.45) is 0.426. The summed E-state index contributed by atoms with van der Waals surface area (Å²) < 4.78 is 0. The van der Waals surface area contributed by atoms with Gasteiger partial charge in [-0.25, -0.2) is 0 Å². The summed E-state index contributed by atoms with van der Waals surface area (Å²) in [5, 5.41) is 2.67. The molecule has 3 N–H and O–H groups in total. The Balaban J connectivity index is 2.75. The van der Waals surface area contributed by atoms with Crippen LogP contribution in [-0.4, -0.2) is 17.9 Å². The largest absolute Gasteiger partial charge is 0.368 e. The minimum Gasteiger partial charge on any atom is -0.368 e. The van der Waals surface area contributed by atoms with Crippen molar-refractivity contribution < 1.29 is 9.59 Å². The molecule has 4 heteroatoms. The Morgan fingerprint density at radius 3 is 2.50 bits per heavy atom. The lowest BCUT2D eigenvalue weighted by Gasteiger charge is -2.17. The molecule has 0 heterocycles. The van der Waals surface area contributed by atoms with Crippen LogP contribution in [0.5, 0.6) is 0 Å². The molecule has 0 aliphatic carbocycles. The number of rotatable bonds is 5. The fourth-order valence-electron chi connectivity index (χ4n) is 1.64. The predicted molar refractivity (Wildman–Crippen MR) is 70.8 cm³/mol. The van der Waals surface area contributed by atoms with E-state index in [4.69, 9.17) is 5.73 Å². The summed E-state index contributed by atoms with van der Waals surface area (Å²) >= 11 is 0. The van der Waals surface area contributed by atoms with Crippen molar-refractivity contribution in [2.24, 2.45) is 11.7 Å². The van der Waals surface area contributed by atoms with Crippen LogP contribution in [0.1, 0.15) is 25.0 Å². The molecule has 0 saturated heterocycles. The van der Waals surface area contributed by atoms with Gasteiger partial charge in [-0.05, 0) is 12.5 Å². The van der Waals surface area contributed by atoms with Crippen LogP contribution in [0.2, 0.25) is 0 Å². The van der Waals surface area contributed by atoms with Gasteiger partial charge in [0.05, 0.1) is 0 Å². The molecule has 0 bridgehead atoms. The van der Waals surface area contributed by atoms with E-state index in [2.05, 4.69) is 5.32 Å². The molecule has 0 aliphatic rings. The van der Waals surface area contributed by atoms with E-state index >= 15 is 0 Å². The first-order valence-corrected chi connectivity index (χ1v) is 6.05. The molecule has 0 radical (unpaired) electrons. The number of hydrogen-bond donors (Lipinski definition) is 2. The average molecular weight is 248 g/mol. The summed E-state index contributed by atoms with van der Waals surface area (Å²) in [6.45, 7) is 5.54. The molecule has 1 aromatic carbocycles. The Bertz CT molecular complexity index is 441. The van der Waals surface area contributed by atoms with Crippen molar-refractivity contribution in [3.05, 3.63) is 35.4 Å². The summed E-state index contributed by atoms with van der Waals surface area (Å²) in [5.74, 6) is -0.832. The fraction of sp³-hybridized carbons (Fsp3) is 0.429. The van der Waals surface area contributed by atoms with Gasteiger partial charge in [0.2, 0.25) is 11.8 Å². The third kappa shape index (κ3) is 4.20. The minimum atomic E-state index is -0.651. The van der Waals surface area contributed by atoms with Gasteiger partial charge in [0, 0.05) is 12.3 Å². The molecule has 18 heavy (non-hydrogen) atoms. The first kappa shape index (κ1) is 14.2. The Hall–Kier alpha value is -1.84. The maximum Gasteiger partial charge on any atom is 0.240 e. The van der Waals surface area contributed by atoms with Crippen molar-refractivity contribution in [2.45, 2.75) is 33.2 Å². The average Bonchev–Trinajstić information content (AvgIpc) is 2.27. The van der Waals surface area contributed by atoms with E-state index in [0.717, 1.165) is 11.1 Å². The molecule has 98 valence electrons. The van der Waals surface area contributed by atoms with Gasteiger partial charge in [-0.1, -0.05) is 43.7 Å².